The first kappa shape index (κ1) is 15.8. The Kier molecular flexibility index (Phi) is 5.19. The van der Waals surface area contributed by atoms with E-state index in [1.165, 1.54) is 4.31 Å². The lowest BCUT2D eigenvalue weighted by Crippen LogP contribution is -2.28. The number of alkyl carbamates (subject to hydrolysis) is 1. The highest BCUT2D eigenvalue weighted by Crippen LogP contribution is 2.20. The van der Waals surface area contributed by atoms with E-state index >= 15 is 0 Å². The van der Waals surface area contributed by atoms with Crippen molar-refractivity contribution in [2.24, 2.45) is 0 Å². The van der Waals surface area contributed by atoms with Crippen LogP contribution in [0.3, 0.4) is 0 Å². The van der Waals surface area contributed by atoms with Crippen molar-refractivity contribution < 1.29 is 17.9 Å². The summed E-state index contributed by atoms with van der Waals surface area (Å²) in [6, 6.07) is 6.57. The molecule has 1 amide bonds. The maximum atomic E-state index is 12.3. The van der Waals surface area contributed by atoms with E-state index in [1.54, 1.807) is 31.2 Å². The lowest BCUT2D eigenvalue weighted by Gasteiger charge is -2.15. The Hall–Kier alpha value is -1.60. The molecule has 0 bridgehead atoms. The minimum absolute atomic E-state index is 0.296. The molecule has 2 rings (SSSR count). The summed E-state index contributed by atoms with van der Waals surface area (Å²) in [6.07, 6.45) is 1.35. The van der Waals surface area contributed by atoms with E-state index in [4.69, 9.17) is 4.74 Å². The summed E-state index contributed by atoms with van der Waals surface area (Å²) in [5.74, 6) is 0. The van der Waals surface area contributed by atoms with Gasteiger partial charge < -0.3 is 10.1 Å². The molecule has 0 aromatic heterocycles. The number of nitrogens with one attached hydrogen (secondary N) is 1. The van der Waals surface area contributed by atoms with E-state index in [0.717, 1.165) is 18.4 Å². The highest BCUT2D eigenvalue weighted by Gasteiger charge is 2.26. The number of carbonyl (C=O) groups excluding carboxylic acids is 1. The van der Waals surface area contributed by atoms with Gasteiger partial charge in [-0.05, 0) is 37.5 Å². The Bertz CT molecular complexity index is 577. The van der Waals surface area contributed by atoms with Gasteiger partial charge in [-0.25, -0.2) is 13.2 Å². The van der Waals surface area contributed by atoms with Crippen molar-refractivity contribution in [3.05, 3.63) is 29.8 Å². The Morgan fingerprint density at radius 2 is 1.86 bits per heavy atom. The average Bonchev–Trinajstić information content (AvgIpc) is 3.01. The summed E-state index contributed by atoms with van der Waals surface area (Å²) in [7, 11) is -3.37. The van der Waals surface area contributed by atoms with E-state index in [9.17, 15) is 13.2 Å². The van der Waals surface area contributed by atoms with Crippen molar-refractivity contribution >= 4 is 16.1 Å². The zero-order valence-electron chi connectivity index (χ0n) is 12.0. The number of hydrogen-bond acceptors (Lipinski definition) is 4. The van der Waals surface area contributed by atoms with Crippen molar-refractivity contribution in [3.8, 4) is 0 Å². The number of sulfonamides is 1. The number of hydrogen-bond donors (Lipinski definition) is 1. The van der Waals surface area contributed by atoms with Crippen LogP contribution in [0.2, 0.25) is 0 Å². The fraction of sp³-hybridized carbons (Fsp3) is 0.500. The van der Waals surface area contributed by atoms with Crippen LogP contribution in [0.4, 0.5) is 4.79 Å². The monoisotopic (exact) mass is 312 g/mol. The van der Waals surface area contributed by atoms with Gasteiger partial charge in [0.05, 0.1) is 11.5 Å². The summed E-state index contributed by atoms with van der Waals surface area (Å²) in [5, 5.41) is 2.59. The normalized spacial score (nSPS) is 15.9. The van der Waals surface area contributed by atoms with Gasteiger partial charge in [-0.1, -0.05) is 12.1 Å². The number of carbonyl (C=O) groups is 1. The minimum Gasteiger partial charge on any atom is -0.450 e. The molecule has 21 heavy (non-hydrogen) atoms. The molecule has 116 valence electrons. The third-order valence-electron chi connectivity index (χ3n) is 3.34. The molecule has 0 atom stereocenters. The zero-order chi connectivity index (χ0) is 15.3. The predicted octanol–water partition coefficient (Wildman–Crippen LogP) is 1.72. The Morgan fingerprint density at radius 1 is 1.24 bits per heavy atom. The second-order valence-corrected chi connectivity index (χ2v) is 6.77. The summed E-state index contributed by atoms with van der Waals surface area (Å²) < 4.78 is 30.9. The van der Waals surface area contributed by atoms with Crippen molar-refractivity contribution in [1.29, 1.82) is 0 Å². The molecule has 7 heteroatoms. The van der Waals surface area contributed by atoms with Gasteiger partial charge in [0.15, 0.2) is 0 Å². The van der Waals surface area contributed by atoms with Gasteiger partial charge in [0.1, 0.15) is 0 Å². The van der Waals surface area contributed by atoms with E-state index in [2.05, 4.69) is 5.32 Å². The third kappa shape index (κ3) is 3.95. The van der Waals surface area contributed by atoms with Crippen LogP contribution < -0.4 is 5.32 Å². The summed E-state index contributed by atoms with van der Waals surface area (Å²) in [6.45, 7) is 3.54. The summed E-state index contributed by atoms with van der Waals surface area (Å²) >= 11 is 0. The first-order chi connectivity index (χ1) is 10.0. The average molecular weight is 312 g/mol. The summed E-state index contributed by atoms with van der Waals surface area (Å²) in [5.41, 5.74) is 0.823. The molecular weight excluding hydrogens is 292 g/mol. The van der Waals surface area contributed by atoms with Crippen LogP contribution in [0, 0.1) is 0 Å². The molecule has 1 fully saturated rings. The second-order valence-electron chi connectivity index (χ2n) is 4.83. The molecule has 1 heterocycles. The SMILES string of the molecule is CCOC(=O)NCc1ccc(S(=O)(=O)N2CCCC2)cc1. The molecule has 1 N–H and O–H groups in total. The van der Waals surface area contributed by atoms with Crippen LogP contribution in [0.25, 0.3) is 0 Å². The largest absolute Gasteiger partial charge is 0.450 e. The Morgan fingerprint density at radius 3 is 2.43 bits per heavy atom. The van der Waals surface area contributed by atoms with Gasteiger partial charge in [0.25, 0.3) is 0 Å². The molecule has 0 spiro atoms. The standard InChI is InChI=1S/C14H20N2O4S/c1-2-20-14(17)15-11-12-5-7-13(8-6-12)21(18,19)16-9-3-4-10-16/h5-8H,2-4,9-11H2,1H3,(H,15,17). The van der Waals surface area contributed by atoms with Crippen molar-refractivity contribution in [3.63, 3.8) is 0 Å². The van der Waals surface area contributed by atoms with E-state index in [1.807, 2.05) is 0 Å². The van der Waals surface area contributed by atoms with Gasteiger partial charge in [-0.2, -0.15) is 4.31 Å². The topological polar surface area (TPSA) is 75.7 Å². The first-order valence-corrected chi connectivity index (χ1v) is 8.48. The van der Waals surface area contributed by atoms with E-state index < -0.39 is 16.1 Å². The van der Waals surface area contributed by atoms with Crippen molar-refractivity contribution in [2.45, 2.75) is 31.2 Å². The quantitative estimate of drug-likeness (QED) is 0.898. The molecule has 1 aliphatic heterocycles. The fourth-order valence-corrected chi connectivity index (χ4v) is 3.73. The van der Waals surface area contributed by atoms with Gasteiger partial charge in [-0.15, -0.1) is 0 Å². The molecule has 0 radical (unpaired) electrons. The summed E-state index contributed by atoms with van der Waals surface area (Å²) in [4.78, 5) is 11.5. The molecule has 1 aromatic carbocycles. The maximum absolute atomic E-state index is 12.3. The maximum Gasteiger partial charge on any atom is 0.407 e. The lowest BCUT2D eigenvalue weighted by atomic mass is 10.2. The Balaban J connectivity index is 2.00. The molecule has 0 saturated carbocycles. The Labute approximate surface area is 125 Å². The number of amides is 1. The zero-order valence-corrected chi connectivity index (χ0v) is 12.9. The fourth-order valence-electron chi connectivity index (χ4n) is 2.21. The first-order valence-electron chi connectivity index (χ1n) is 7.03. The van der Waals surface area contributed by atoms with Crippen LogP contribution in [-0.2, 0) is 21.3 Å². The van der Waals surface area contributed by atoms with E-state index in [0.29, 0.717) is 31.1 Å². The number of rotatable bonds is 5. The molecule has 1 saturated heterocycles. The predicted molar refractivity (Wildman–Crippen MR) is 78.3 cm³/mol. The van der Waals surface area contributed by atoms with Gasteiger partial charge >= 0.3 is 6.09 Å². The highest BCUT2D eigenvalue weighted by atomic mass is 32.2. The molecule has 1 aromatic rings. The lowest BCUT2D eigenvalue weighted by molar-refractivity contribution is 0.151. The minimum atomic E-state index is -3.37. The second kappa shape index (κ2) is 6.91. The molecular formula is C14H20N2O4S. The van der Waals surface area contributed by atoms with Crippen LogP contribution in [0.1, 0.15) is 25.3 Å². The van der Waals surface area contributed by atoms with Crippen LogP contribution in [0.5, 0.6) is 0 Å². The van der Waals surface area contributed by atoms with Gasteiger partial charge in [0, 0.05) is 19.6 Å². The molecule has 6 nitrogen and oxygen atoms in total. The van der Waals surface area contributed by atoms with Gasteiger partial charge in [-0.3, -0.25) is 0 Å². The molecule has 0 unspecified atom stereocenters. The van der Waals surface area contributed by atoms with Crippen LogP contribution in [0.15, 0.2) is 29.2 Å². The van der Waals surface area contributed by atoms with E-state index in [-0.39, 0.29) is 0 Å². The highest BCUT2D eigenvalue weighted by molar-refractivity contribution is 7.89. The van der Waals surface area contributed by atoms with Gasteiger partial charge in [0.2, 0.25) is 10.0 Å². The number of benzene rings is 1. The van der Waals surface area contributed by atoms with Crippen molar-refractivity contribution in [2.75, 3.05) is 19.7 Å². The third-order valence-corrected chi connectivity index (χ3v) is 5.25. The molecule has 0 aliphatic carbocycles. The number of ether oxygens (including phenoxy) is 1. The number of nitrogens with zero attached hydrogens (tertiary/aromatic N) is 1. The smallest absolute Gasteiger partial charge is 0.407 e. The van der Waals surface area contributed by atoms with Crippen LogP contribution in [-0.4, -0.2) is 38.5 Å². The van der Waals surface area contributed by atoms with Crippen LogP contribution >= 0.6 is 0 Å². The van der Waals surface area contributed by atoms with Crippen molar-refractivity contribution in [1.82, 2.24) is 9.62 Å². The molecule has 1 aliphatic rings.